The number of nitrogens with zero attached hydrogens (tertiary/aromatic N) is 11. The average molecular weight is 1370 g/mol. The molecule has 3 amide bonds. The van der Waals surface area contributed by atoms with Gasteiger partial charge in [0.25, 0.3) is 0 Å². The third-order valence-electron chi connectivity index (χ3n) is 12.9. The van der Waals surface area contributed by atoms with Gasteiger partial charge in [-0.25, -0.2) is 38.7 Å². The predicted octanol–water partition coefficient (Wildman–Crippen LogP) is 7.86. The molecule has 448 valence electrons. The summed E-state index contributed by atoms with van der Waals surface area (Å²) in [7, 11) is 2.96. The molecule has 8 heterocycles. The zero-order chi connectivity index (χ0) is 60.2. The van der Waals surface area contributed by atoms with Gasteiger partial charge in [0.1, 0.15) is 63.7 Å². The lowest BCUT2D eigenvalue weighted by Crippen LogP contribution is -2.44. The number of carboxylic acid groups (broad SMARTS) is 1. The molecule has 0 saturated carbocycles. The summed E-state index contributed by atoms with van der Waals surface area (Å²) in [5.41, 5.74) is 6.15. The number of aliphatic carboxylic acids is 1. The van der Waals surface area contributed by atoms with Crippen LogP contribution in [0, 0.1) is 13.8 Å². The average Bonchev–Trinajstić information content (AvgIpc) is 2.10. The second kappa shape index (κ2) is 31.1. The monoisotopic (exact) mass is 1370 g/mol. The van der Waals surface area contributed by atoms with E-state index < -0.39 is 42.2 Å². The molecule has 2 aliphatic heterocycles. The Morgan fingerprint density at radius 2 is 1.12 bits per heavy atom. The zero-order valence-electron chi connectivity index (χ0n) is 46.0. The number of hydrogen-bond donors (Lipinski definition) is 4. The molecule has 6 aromatic heterocycles. The van der Waals surface area contributed by atoms with E-state index in [4.69, 9.17) is 14.6 Å². The van der Waals surface area contributed by atoms with Gasteiger partial charge in [-0.15, -0.1) is 12.4 Å². The van der Waals surface area contributed by atoms with E-state index in [0.717, 1.165) is 27.8 Å². The molecule has 4 atom stereocenters. The fraction of sp³-hybridized carbons (Fsp3) is 0.296. The Bertz CT molecular complexity index is 3740. The molecule has 0 radical (unpaired) electrons. The minimum Gasteiger partial charge on any atom is -0.480 e. The van der Waals surface area contributed by atoms with E-state index in [-0.39, 0.29) is 106 Å². The molecule has 2 aliphatic rings. The van der Waals surface area contributed by atoms with Gasteiger partial charge in [0.2, 0.25) is 17.7 Å². The largest absolute Gasteiger partial charge is 0.480 e. The molecule has 0 aliphatic carbocycles. The highest BCUT2D eigenvalue weighted by Gasteiger charge is 2.40. The molecule has 31 heteroatoms. The normalized spacial score (nSPS) is 15.7. The Kier molecular flexibility index (Phi) is 25.0. The Morgan fingerprint density at radius 3 is 1.53 bits per heavy atom. The second-order valence-electron chi connectivity index (χ2n) is 18.7. The summed E-state index contributed by atoms with van der Waals surface area (Å²) >= 11 is 13.8. The fourth-order valence-electron chi connectivity index (χ4n) is 8.84. The topological polar surface area (TPSA) is 293 Å². The van der Waals surface area contributed by atoms with Crippen LogP contribution >= 0.6 is 57.8 Å². The zero-order valence-corrected chi connectivity index (χ0v) is 52.6. The van der Waals surface area contributed by atoms with Crippen molar-refractivity contribution in [3.8, 4) is 34.3 Å². The standard InChI is InChI=1S/C27H25BrFN7O4.C16H14N4O4.C11H13BrFN3O.ClH.S2.H2S/c1-14-4-7-22(28)32-25(14)33-26(39)21-9-18(29)12-35(21)23(38)13-36-20-6-5-16(8-19(20)24(34-36)15(2)37)17-10-30-27(40-3)31-11-17;1-9(21)15-12-5-10(11-6-17-16(24-2)18-7-11)3-4-13(12)20(19-15)8-14(22)23;1-6-2-3-9(12)15-10(6)16-11(17)8-4-7(13)5-14-8;;1-2;/h4-8,10-11,18,21H,9,12-13H2,1-3H3,(H,32,33,39);3-7H,8H2,1-2H3,(H,22,23);2-3,7-8,14H,4-5H2,1H3,(H,15,16,17);1H;;1H2/t18-,21+;;7-,8+;;;/m1.1.../s1. The van der Waals surface area contributed by atoms with E-state index in [0.29, 0.717) is 48.2 Å². The number of benzene rings is 2. The highest BCUT2D eigenvalue weighted by molar-refractivity contribution is 9.10. The number of alkyl halides is 2. The van der Waals surface area contributed by atoms with Crippen LogP contribution in [0.15, 0.2) is 94.7 Å². The van der Waals surface area contributed by atoms with E-state index in [9.17, 15) is 37.5 Å². The van der Waals surface area contributed by atoms with Crippen molar-refractivity contribution >= 4 is 149 Å². The molecule has 4 N–H and O–H groups in total. The highest BCUT2D eigenvalue weighted by atomic mass is 79.9. The first-order valence-electron chi connectivity index (χ1n) is 25.0. The van der Waals surface area contributed by atoms with Crippen LogP contribution in [0.3, 0.4) is 0 Å². The minimum absolute atomic E-state index is 0. The summed E-state index contributed by atoms with van der Waals surface area (Å²) in [4.78, 5) is 99.6. The van der Waals surface area contributed by atoms with Crippen LogP contribution in [-0.4, -0.2) is 146 Å². The number of rotatable bonds is 14. The SMILES string of the molecule is COc1ncc(-c2ccc3c(c2)c(C(C)=O)nn3CC(=O)N2C[C@H](F)C[C@H]2C(=O)Nc2nc(Br)ccc2C)cn1.COc1ncc(-c2ccc3c(c2)c(C(C)=O)nn3CC(=O)O)cn1.Cc1ccc(Br)nc1NC(=O)[C@@H]1C[C@@H](F)CN1.Cl.S.S=S. The van der Waals surface area contributed by atoms with Gasteiger partial charge in [-0.3, -0.25) is 38.1 Å². The van der Waals surface area contributed by atoms with Crippen LogP contribution in [0.4, 0.5) is 20.4 Å². The lowest BCUT2D eigenvalue weighted by atomic mass is 10.0. The maximum atomic E-state index is 14.5. The van der Waals surface area contributed by atoms with Gasteiger partial charge in [-0.2, -0.15) is 23.7 Å². The van der Waals surface area contributed by atoms with Crippen LogP contribution < -0.4 is 25.4 Å². The number of nitrogens with one attached hydrogen (secondary N) is 3. The van der Waals surface area contributed by atoms with Crippen LogP contribution in [0.5, 0.6) is 12.0 Å². The summed E-state index contributed by atoms with van der Waals surface area (Å²) in [6.45, 7) is 5.86. The molecule has 10 rings (SSSR count). The summed E-state index contributed by atoms with van der Waals surface area (Å²) in [6, 6.07) is 16.8. The van der Waals surface area contributed by atoms with Gasteiger partial charge in [0.05, 0.1) is 37.8 Å². The molecular weight excluding hydrogens is 1320 g/mol. The van der Waals surface area contributed by atoms with Crippen LogP contribution in [-0.2, 0) is 54.6 Å². The number of methoxy groups -OCH3 is 2. The van der Waals surface area contributed by atoms with Crippen molar-refractivity contribution in [1.29, 1.82) is 0 Å². The first kappa shape index (κ1) is 68.3. The van der Waals surface area contributed by atoms with E-state index in [1.807, 2.05) is 13.0 Å². The quantitative estimate of drug-likeness (QED) is 0.0595. The highest BCUT2D eigenvalue weighted by Crippen LogP contribution is 2.30. The van der Waals surface area contributed by atoms with Crippen molar-refractivity contribution < 1.29 is 52.1 Å². The van der Waals surface area contributed by atoms with Gasteiger partial charge in [0, 0.05) is 102 Å². The lowest BCUT2D eigenvalue weighted by molar-refractivity contribution is -0.138. The van der Waals surface area contributed by atoms with Crippen LogP contribution in [0.25, 0.3) is 44.1 Å². The van der Waals surface area contributed by atoms with Crippen LogP contribution in [0.2, 0.25) is 0 Å². The molecule has 23 nitrogen and oxygen atoms in total. The van der Waals surface area contributed by atoms with Gasteiger partial charge >= 0.3 is 18.0 Å². The van der Waals surface area contributed by atoms with Crippen molar-refractivity contribution in [1.82, 2.24) is 59.7 Å². The molecule has 0 spiro atoms. The molecule has 0 bridgehead atoms. The lowest BCUT2D eigenvalue weighted by Gasteiger charge is -2.24. The van der Waals surface area contributed by atoms with E-state index in [1.165, 1.54) is 42.3 Å². The molecular formula is C54H55Br2ClF2N14O9S3. The Balaban J connectivity index is 0.000000249. The number of pyridine rings is 2. The first-order valence-corrected chi connectivity index (χ1v) is 27.9. The number of hydrogen-bond acceptors (Lipinski definition) is 19. The Labute approximate surface area is 524 Å². The third kappa shape index (κ3) is 17.1. The Morgan fingerprint density at radius 1 is 0.671 bits per heavy atom. The van der Waals surface area contributed by atoms with Crippen molar-refractivity contribution in [2.75, 3.05) is 37.9 Å². The van der Waals surface area contributed by atoms with Gasteiger partial charge < -0.3 is 35.4 Å². The maximum absolute atomic E-state index is 14.5. The summed E-state index contributed by atoms with van der Waals surface area (Å²) < 4.78 is 41.3. The number of ketones is 2. The summed E-state index contributed by atoms with van der Waals surface area (Å²) in [5, 5.41) is 26.9. The number of halogens is 5. The number of fused-ring (bicyclic) bond motifs is 2. The smallest absolute Gasteiger partial charge is 0.325 e. The number of carboxylic acids is 1. The third-order valence-corrected chi connectivity index (χ3v) is 13.8. The maximum Gasteiger partial charge on any atom is 0.325 e. The van der Waals surface area contributed by atoms with E-state index in [2.05, 4.69) is 110 Å². The second-order valence-corrected chi connectivity index (χ2v) is 20.3. The molecule has 2 fully saturated rings. The van der Waals surface area contributed by atoms with E-state index in [1.54, 1.807) is 86.3 Å². The van der Waals surface area contributed by atoms with Crippen molar-refractivity contribution in [2.24, 2.45) is 0 Å². The number of amides is 3. The predicted molar refractivity (Wildman–Crippen MR) is 332 cm³/mol. The number of ether oxygens (including phenoxy) is 2. The van der Waals surface area contributed by atoms with Crippen molar-refractivity contribution in [3.05, 3.63) is 117 Å². The molecule has 8 aromatic rings. The van der Waals surface area contributed by atoms with Crippen LogP contribution in [0.1, 0.15) is 58.8 Å². The first-order chi connectivity index (χ1) is 39.7. The number of carbonyl (C=O) groups excluding carboxylic acids is 5. The molecule has 2 saturated heterocycles. The number of aromatic nitrogens is 10. The van der Waals surface area contributed by atoms with Gasteiger partial charge in [-0.05, 0) is 104 Å². The number of likely N-dealkylation sites (tertiary alicyclic amines) is 1. The van der Waals surface area contributed by atoms with E-state index >= 15 is 0 Å². The number of carbonyl (C=O) groups is 6. The Hall–Kier alpha value is -7.48. The molecule has 0 unspecified atom stereocenters. The molecule has 85 heavy (non-hydrogen) atoms. The number of Topliss-reactive ketones (excluding diaryl/α,β-unsaturated/α-hetero) is 2. The fourth-order valence-corrected chi connectivity index (χ4v) is 9.45. The summed E-state index contributed by atoms with van der Waals surface area (Å²) in [6.07, 6.45) is 4.23. The summed E-state index contributed by atoms with van der Waals surface area (Å²) in [5.74, 6) is -1.95. The van der Waals surface area contributed by atoms with Gasteiger partial charge in [-0.1, -0.05) is 24.3 Å². The van der Waals surface area contributed by atoms with Crippen molar-refractivity contribution in [3.63, 3.8) is 0 Å². The minimum atomic E-state index is -1.35. The number of aryl methyl sites for hydroxylation is 2. The van der Waals surface area contributed by atoms with Gasteiger partial charge in [0.15, 0.2) is 11.6 Å². The van der Waals surface area contributed by atoms with Crippen molar-refractivity contribution in [2.45, 2.75) is 78.1 Å². The number of anilines is 2. The molecule has 2 aromatic carbocycles.